The molecule has 0 aromatic carbocycles. The summed E-state index contributed by atoms with van der Waals surface area (Å²) in [6.45, 7) is 3.60. The van der Waals surface area contributed by atoms with E-state index in [0.717, 1.165) is 25.7 Å². The minimum absolute atomic E-state index is 0.287. The summed E-state index contributed by atoms with van der Waals surface area (Å²) in [4.78, 5) is 16.9. The molecule has 0 atom stereocenters. The van der Waals surface area contributed by atoms with Crippen LogP contribution in [0.25, 0.3) is 0 Å². The van der Waals surface area contributed by atoms with E-state index in [4.69, 9.17) is 9.73 Å². The van der Waals surface area contributed by atoms with Gasteiger partial charge in [-0.1, -0.05) is 54.5 Å². The lowest BCUT2D eigenvalue weighted by atomic mass is 9.95. The predicted molar refractivity (Wildman–Crippen MR) is 93.4 cm³/mol. The Morgan fingerprint density at radius 3 is 2.14 bits per heavy atom. The summed E-state index contributed by atoms with van der Waals surface area (Å²) in [5.74, 6) is -0.287. The van der Waals surface area contributed by atoms with Crippen LogP contribution in [0.15, 0.2) is 4.99 Å². The maximum absolute atomic E-state index is 12.2. The molecule has 0 saturated heterocycles. The van der Waals surface area contributed by atoms with E-state index in [1.54, 1.807) is 13.8 Å². The van der Waals surface area contributed by atoms with Gasteiger partial charge in [0.05, 0.1) is 6.04 Å². The van der Waals surface area contributed by atoms with Gasteiger partial charge < -0.3 is 10.1 Å². The molecule has 2 fully saturated rings. The molecule has 0 heterocycles. The zero-order chi connectivity index (χ0) is 16.0. The fraction of sp³-hybridized carbons (Fsp3) is 0.882. The minimum Gasteiger partial charge on any atom is -0.392 e. The van der Waals surface area contributed by atoms with Crippen LogP contribution in [0.5, 0.6) is 0 Å². The highest BCUT2D eigenvalue weighted by Gasteiger charge is 2.28. The smallest absolute Gasteiger partial charge is 0.330 e. The van der Waals surface area contributed by atoms with Crippen molar-refractivity contribution < 1.29 is 9.53 Å². The summed E-state index contributed by atoms with van der Waals surface area (Å²) in [6.07, 6.45) is 12.0. The van der Waals surface area contributed by atoms with Gasteiger partial charge in [0.2, 0.25) is 0 Å². The van der Waals surface area contributed by atoms with Crippen LogP contribution in [0.3, 0.4) is 0 Å². The van der Waals surface area contributed by atoms with Crippen LogP contribution in [0, 0.1) is 0 Å². The molecule has 126 valence electrons. The highest BCUT2D eigenvalue weighted by atomic mass is 79.9. The first-order chi connectivity index (χ1) is 10.4. The summed E-state index contributed by atoms with van der Waals surface area (Å²) in [6, 6.07) is 1.13. The Balaban J connectivity index is 2.01. The number of carbonyl (C=O) groups excluding carboxylic acids is 1. The standard InChI is InChI=1S/C17H29BrN2O2/c1-17(2,18)15(21)22-16(19-13-9-5-3-6-10-13)20-14-11-7-4-8-12-14/h13-14H,3-12H2,1-2H3,(H,19,20). The maximum Gasteiger partial charge on any atom is 0.330 e. The second-order valence-electron chi connectivity index (χ2n) is 7.07. The highest BCUT2D eigenvalue weighted by Crippen LogP contribution is 2.23. The lowest BCUT2D eigenvalue weighted by Crippen LogP contribution is -2.42. The summed E-state index contributed by atoms with van der Waals surface area (Å²) in [5.41, 5.74) is 0. The monoisotopic (exact) mass is 372 g/mol. The SMILES string of the molecule is CC(C)(Br)C(=O)OC(=NC1CCCCC1)NC1CCCCC1. The summed E-state index contributed by atoms with van der Waals surface area (Å²) < 4.78 is 4.89. The lowest BCUT2D eigenvalue weighted by Gasteiger charge is -2.26. The number of rotatable bonds is 3. The molecule has 5 heteroatoms. The molecule has 0 unspecified atom stereocenters. The van der Waals surface area contributed by atoms with Crippen LogP contribution < -0.4 is 5.32 Å². The number of alkyl halides is 1. The van der Waals surface area contributed by atoms with Gasteiger partial charge in [0, 0.05) is 6.04 Å². The van der Waals surface area contributed by atoms with Gasteiger partial charge in [0.25, 0.3) is 6.02 Å². The van der Waals surface area contributed by atoms with Crippen molar-refractivity contribution in [2.75, 3.05) is 0 Å². The number of nitrogens with one attached hydrogen (secondary N) is 1. The third kappa shape index (κ3) is 5.90. The van der Waals surface area contributed by atoms with E-state index in [-0.39, 0.29) is 5.97 Å². The minimum atomic E-state index is -0.686. The second-order valence-corrected chi connectivity index (χ2v) is 9.05. The largest absolute Gasteiger partial charge is 0.392 e. The first-order valence-electron chi connectivity index (χ1n) is 8.70. The van der Waals surface area contributed by atoms with Gasteiger partial charge in [-0.15, -0.1) is 0 Å². The molecule has 0 radical (unpaired) electrons. The zero-order valence-electron chi connectivity index (χ0n) is 13.9. The van der Waals surface area contributed by atoms with E-state index in [1.807, 2.05) is 0 Å². The normalized spacial score (nSPS) is 22.4. The molecule has 0 aliphatic heterocycles. The number of amidine groups is 1. The van der Waals surface area contributed by atoms with E-state index in [0.29, 0.717) is 18.1 Å². The van der Waals surface area contributed by atoms with Crippen molar-refractivity contribution in [2.45, 2.75) is 94.5 Å². The molecular weight excluding hydrogens is 344 g/mol. The van der Waals surface area contributed by atoms with Crippen LogP contribution in [-0.2, 0) is 9.53 Å². The van der Waals surface area contributed by atoms with Crippen molar-refractivity contribution in [1.82, 2.24) is 5.32 Å². The van der Waals surface area contributed by atoms with Gasteiger partial charge in [-0.3, -0.25) is 4.79 Å². The zero-order valence-corrected chi connectivity index (χ0v) is 15.5. The van der Waals surface area contributed by atoms with E-state index < -0.39 is 4.32 Å². The Morgan fingerprint density at radius 1 is 1.05 bits per heavy atom. The van der Waals surface area contributed by atoms with Crippen molar-refractivity contribution in [2.24, 2.45) is 4.99 Å². The van der Waals surface area contributed by atoms with Crippen molar-refractivity contribution >= 4 is 27.9 Å². The number of ether oxygens (including phenoxy) is 1. The molecule has 2 rings (SSSR count). The first-order valence-corrected chi connectivity index (χ1v) is 9.50. The van der Waals surface area contributed by atoms with Crippen LogP contribution in [0.4, 0.5) is 0 Å². The topological polar surface area (TPSA) is 50.7 Å². The Hall–Kier alpha value is -0.580. The van der Waals surface area contributed by atoms with Gasteiger partial charge in [-0.2, -0.15) is 0 Å². The number of esters is 1. The fourth-order valence-corrected chi connectivity index (χ4v) is 3.18. The second kappa shape index (κ2) is 8.32. The molecule has 22 heavy (non-hydrogen) atoms. The van der Waals surface area contributed by atoms with Gasteiger partial charge >= 0.3 is 5.97 Å². The Morgan fingerprint density at radius 2 is 1.59 bits per heavy atom. The average Bonchev–Trinajstić information content (AvgIpc) is 2.48. The Bertz CT molecular complexity index is 392. The molecule has 0 bridgehead atoms. The van der Waals surface area contributed by atoms with Gasteiger partial charge in [-0.05, 0) is 39.5 Å². The van der Waals surface area contributed by atoms with Crippen LogP contribution in [-0.4, -0.2) is 28.4 Å². The van der Waals surface area contributed by atoms with Crippen molar-refractivity contribution in [3.05, 3.63) is 0 Å². The lowest BCUT2D eigenvalue weighted by molar-refractivity contribution is -0.137. The summed E-state index contributed by atoms with van der Waals surface area (Å²) >= 11 is 3.37. The number of halogens is 1. The van der Waals surface area contributed by atoms with Crippen molar-refractivity contribution in [3.63, 3.8) is 0 Å². The molecule has 0 aromatic heterocycles. The molecule has 0 aromatic rings. The number of hydrogen-bond donors (Lipinski definition) is 1. The number of aliphatic imine (C=N–C) groups is 1. The number of hydrogen-bond acceptors (Lipinski definition) is 3. The molecule has 2 aliphatic carbocycles. The third-order valence-corrected chi connectivity index (χ3v) is 4.81. The predicted octanol–water partition coefficient (Wildman–Crippen LogP) is 4.31. The average molecular weight is 373 g/mol. The Kier molecular flexibility index (Phi) is 6.72. The molecule has 2 aliphatic rings. The quantitative estimate of drug-likeness (QED) is 0.347. The van der Waals surface area contributed by atoms with Crippen LogP contribution in [0.2, 0.25) is 0 Å². The van der Waals surface area contributed by atoms with Gasteiger partial charge in [-0.25, -0.2) is 4.99 Å². The molecule has 1 N–H and O–H groups in total. The molecule has 0 spiro atoms. The van der Waals surface area contributed by atoms with Crippen LogP contribution >= 0.6 is 15.9 Å². The molecular formula is C17H29BrN2O2. The van der Waals surface area contributed by atoms with Gasteiger partial charge in [0.1, 0.15) is 4.32 Å². The molecule has 4 nitrogen and oxygen atoms in total. The molecule has 2 saturated carbocycles. The summed E-state index contributed by atoms with van der Waals surface area (Å²) in [5, 5.41) is 3.39. The van der Waals surface area contributed by atoms with E-state index in [1.165, 1.54) is 38.5 Å². The third-order valence-electron chi connectivity index (χ3n) is 4.48. The van der Waals surface area contributed by atoms with E-state index in [9.17, 15) is 4.79 Å². The maximum atomic E-state index is 12.2. The Labute approximate surface area is 142 Å². The van der Waals surface area contributed by atoms with Crippen molar-refractivity contribution in [1.29, 1.82) is 0 Å². The summed E-state index contributed by atoms with van der Waals surface area (Å²) in [7, 11) is 0. The molecule has 0 amide bonds. The van der Waals surface area contributed by atoms with Crippen molar-refractivity contribution in [3.8, 4) is 0 Å². The first kappa shape index (κ1) is 17.8. The van der Waals surface area contributed by atoms with Crippen LogP contribution in [0.1, 0.15) is 78.1 Å². The van der Waals surface area contributed by atoms with E-state index in [2.05, 4.69) is 21.2 Å². The fourth-order valence-electron chi connectivity index (χ4n) is 3.10. The highest BCUT2D eigenvalue weighted by molar-refractivity contribution is 9.10. The number of nitrogens with zero attached hydrogens (tertiary/aromatic N) is 1. The van der Waals surface area contributed by atoms with E-state index >= 15 is 0 Å². The van der Waals surface area contributed by atoms with Gasteiger partial charge in [0.15, 0.2) is 0 Å². The number of carbonyl (C=O) groups is 1.